The van der Waals surface area contributed by atoms with Gasteiger partial charge in [0.1, 0.15) is 11.5 Å². The molecule has 1 unspecified atom stereocenters. The minimum absolute atomic E-state index is 0.113. The van der Waals surface area contributed by atoms with E-state index in [0.29, 0.717) is 11.6 Å². The quantitative estimate of drug-likeness (QED) is 0.884. The Balaban J connectivity index is 2.35. The lowest BCUT2D eigenvalue weighted by Crippen LogP contribution is -2.38. The zero-order chi connectivity index (χ0) is 15.4. The molecule has 0 spiro atoms. The molecule has 2 aromatic rings. The van der Waals surface area contributed by atoms with Crippen molar-refractivity contribution in [3.8, 4) is 0 Å². The highest BCUT2D eigenvalue weighted by molar-refractivity contribution is 6.00. The van der Waals surface area contributed by atoms with Gasteiger partial charge in [0.2, 0.25) is 0 Å². The molecule has 1 amide bonds. The first kappa shape index (κ1) is 15.3. The van der Waals surface area contributed by atoms with E-state index in [-0.39, 0.29) is 11.9 Å². The van der Waals surface area contributed by atoms with E-state index >= 15 is 0 Å². The molecule has 0 radical (unpaired) electrons. The highest BCUT2D eigenvalue weighted by Crippen LogP contribution is 2.22. The van der Waals surface area contributed by atoms with Gasteiger partial charge in [-0.15, -0.1) is 0 Å². The monoisotopic (exact) mass is 285 g/mol. The Morgan fingerprint density at radius 3 is 2.62 bits per heavy atom. The Bertz CT molecular complexity index is 637. The normalized spacial score (nSPS) is 12.4. The summed E-state index contributed by atoms with van der Waals surface area (Å²) in [7, 11) is 1.82. The molecule has 1 atom stereocenters. The maximum absolute atomic E-state index is 12.4. The molecular formula is C17H23N3O. The molecule has 2 N–H and O–H groups in total. The van der Waals surface area contributed by atoms with Crippen molar-refractivity contribution < 1.29 is 4.79 Å². The molecule has 0 saturated carbocycles. The lowest BCUT2D eigenvalue weighted by molar-refractivity contribution is 0.0920. The first-order chi connectivity index (χ1) is 10.1. The highest BCUT2D eigenvalue weighted by atomic mass is 16.1. The molecule has 0 saturated heterocycles. The number of hydrogen-bond donors (Lipinski definition) is 2. The van der Waals surface area contributed by atoms with E-state index in [4.69, 9.17) is 0 Å². The Hall–Kier alpha value is -2.10. The van der Waals surface area contributed by atoms with Crippen LogP contribution < -0.4 is 10.6 Å². The minimum atomic E-state index is -0.113. The van der Waals surface area contributed by atoms with Crippen LogP contribution in [0, 0.1) is 5.92 Å². The lowest BCUT2D eigenvalue weighted by Gasteiger charge is -2.20. The predicted molar refractivity (Wildman–Crippen MR) is 87.7 cm³/mol. The van der Waals surface area contributed by atoms with Gasteiger partial charge in [-0.2, -0.15) is 0 Å². The number of hydrogen-bond acceptors (Lipinski definition) is 3. The van der Waals surface area contributed by atoms with Crippen molar-refractivity contribution in [1.82, 2.24) is 10.3 Å². The number of nitrogens with one attached hydrogen (secondary N) is 2. The molecule has 0 bridgehead atoms. The van der Waals surface area contributed by atoms with E-state index in [2.05, 4.69) is 36.4 Å². The Labute approximate surface area is 126 Å². The third-order valence-electron chi connectivity index (χ3n) is 3.77. The van der Waals surface area contributed by atoms with Crippen LogP contribution >= 0.6 is 0 Å². The van der Waals surface area contributed by atoms with Crippen LogP contribution in [0.1, 0.15) is 37.7 Å². The van der Waals surface area contributed by atoms with E-state index in [0.717, 1.165) is 23.0 Å². The molecule has 0 aliphatic heterocycles. The number of rotatable bonds is 5. The van der Waals surface area contributed by atoms with Gasteiger partial charge in [0.05, 0.1) is 0 Å². The number of amides is 1. The van der Waals surface area contributed by atoms with Gasteiger partial charge in [-0.05, 0) is 23.8 Å². The first-order valence-corrected chi connectivity index (χ1v) is 7.45. The van der Waals surface area contributed by atoms with Crippen molar-refractivity contribution in [2.45, 2.75) is 33.2 Å². The van der Waals surface area contributed by atoms with Gasteiger partial charge in [0.25, 0.3) is 5.91 Å². The molecular weight excluding hydrogens is 262 g/mol. The fraction of sp³-hybridized carbons (Fsp3) is 0.412. The van der Waals surface area contributed by atoms with Crippen LogP contribution in [0.25, 0.3) is 10.8 Å². The number of fused-ring (bicyclic) bond motifs is 1. The second kappa shape index (κ2) is 6.57. The standard InChI is InChI=1S/C17H23N3O/c1-5-14(11(2)3)20-17(21)15-10-12-8-6-7-9-13(12)16(18-4)19-15/h6-11,14H,5H2,1-4H3,(H,18,19)(H,20,21). The Morgan fingerprint density at radius 2 is 2.00 bits per heavy atom. The second-order valence-corrected chi connectivity index (χ2v) is 5.56. The van der Waals surface area contributed by atoms with Crippen LogP contribution in [-0.2, 0) is 0 Å². The van der Waals surface area contributed by atoms with E-state index in [9.17, 15) is 4.79 Å². The topological polar surface area (TPSA) is 54.0 Å². The number of pyridine rings is 1. The van der Waals surface area contributed by atoms with Gasteiger partial charge in [0.15, 0.2) is 0 Å². The van der Waals surface area contributed by atoms with Crippen molar-refractivity contribution in [3.05, 3.63) is 36.0 Å². The molecule has 1 heterocycles. The zero-order valence-corrected chi connectivity index (χ0v) is 13.1. The SMILES string of the molecule is CCC(NC(=O)c1cc2ccccc2c(NC)n1)C(C)C. The van der Waals surface area contributed by atoms with Crippen molar-refractivity contribution in [3.63, 3.8) is 0 Å². The Kier molecular flexibility index (Phi) is 4.78. The summed E-state index contributed by atoms with van der Waals surface area (Å²) in [6.07, 6.45) is 0.913. The lowest BCUT2D eigenvalue weighted by atomic mass is 10.0. The second-order valence-electron chi connectivity index (χ2n) is 5.56. The van der Waals surface area contributed by atoms with Gasteiger partial charge in [-0.1, -0.05) is 45.0 Å². The van der Waals surface area contributed by atoms with Gasteiger partial charge in [0, 0.05) is 18.5 Å². The molecule has 112 valence electrons. The summed E-state index contributed by atoms with van der Waals surface area (Å²) in [5, 5.41) is 8.17. The predicted octanol–water partition coefficient (Wildman–Crippen LogP) is 3.44. The summed E-state index contributed by atoms with van der Waals surface area (Å²) in [5.74, 6) is 1.02. The van der Waals surface area contributed by atoms with Gasteiger partial charge in [-0.3, -0.25) is 4.79 Å². The molecule has 2 rings (SSSR count). The summed E-state index contributed by atoms with van der Waals surface area (Å²) in [5.41, 5.74) is 0.456. The summed E-state index contributed by atoms with van der Waals surface area (Å²) in [6.45, 7) is 6.31. The van der Waals surface area contributed by atoms with Gasteiger partial charge >= 0.3 is 0 Å². The molecule has 4 nitrogen and oxygen atoms in total. The number of benzene rings is 1. The molecule has 4 heteroatoms. The van der Waals surface area contributed by atoms with E-state index in [1.165, 1.54) is 0 Å². The molecule has 0 fully saturated rings. The molecule has 0 aliphatic rings. The largest absolute Gasteiger partial charge is 0.373 e. The maximum Gasteiger partial charge on any atom is 0.270 e. The van der Waals surface area contributed by atoms with Crippen LogP contribution in [0.2, 0.25) is 0 Å². The Morgan fingerprint density at radius 1 is 1.29 bits per heavy atom. The first-order valence-electron chi connectivity index (χ1n) is 7.45. The molecule has 1 aromatic heterocycles. The zero-order valence-electron chi connectivity index (χ0n) is 13.1. The summed E-state index contributed by atoms with van der Waals surface area (Å²) in [6, 6.07) is 9.94. The van der Waals surface area contributed by atoms with Crippen LogP contribution in [0.3, 0.4) is 0 Å². The molecule has 21 heavy (non-hydrogen) atoms. The van der Waals surface area contributed by atoms with Crippen molar-refractivity contribution in [1.29, 1.82) is 0 Å². The minimum Gasteiger partial charge on any atom is -0.373 e. The van der Waals surface area contributed by atoms with Gasteiger partial charge in [-0.25, -0.2) is 4.98 Å². The average molecular weight is 285 g/mol. The number of carbonyl (C=O) groups is 1. The summed E-state index contributed by atoms with van der Waals surface area (Å²) in [4.78, 5) is 16.9. The van der Waals surface area contributed by atoms with E-state index < -0.39 is 0 Å². The molecule has 0 aliphatic carbocycles. The van der Waals surface area contributed by atoms with Crippen molar-refractivity contribution >= 4 is 22.5 Å². The number of carbonyl (C=O) groups excluding carboxylic acids is 1. The van der Waals surface area contributed by atoms with Crippen LogP contribution in [0.5, 0.6) is 0 Å². The average Bonchev–Trinajstić information content (AvgIpc) is 2.50. The van der Waals surface area contributed by atoms with E-state index in [1.54, 1.807) is 0 Å². The fourth-order valence-corrected chi connectivity index (χ4v) is 2.49. The molecule has 1 aromatic carbocycles. The fourth-order valence-electron chi connectivity index (χ4n) is 2.49. The summed E-state index contributed by atoms with van der Waals surface area (Å²) < 4.78 is 0. The van der Waals surface area contributed by atoms with Crippen LogP contribution in [-0.4, -0.2) is 24.0 Å². The number of nitrogens with zero attached hydrogens (tertiary/aromatic N) is 1. The van der Waals surface area contributed by atoms with Crippen molar-refractivity contribution in [2.75, 3.05) is 12.4 Å². The van der Waals surface area contributed by atoms with Gasteiger partial charge < -0.3 is 10.6 Å². The highest BCUT2D eigenvalue weighted by Gasteiger charge is 2.17. The van der Waals surface area contributed by atoms with Crippen LogP contribution in [0.4, 0.5) is 5.82 Å². The third-order valence-corrected chi connectivity index (χ3v) is 3.77. The third kappa shape index (κ3) is 3.32. The smallest absolute Gasteiger partial charge is 0.270 e. The van der Waals surface area contributed by atoms with E-state index in [1.807, 2.05) is 37.4 Å². The maximum atomic E-state index is 12.4. The number of anilines is 1. The van der Waals surface area contributed by atoms with Crippen LogP contribution in [0.15, 0.2) is 30.3 Å². The summed E-state index contributed by atoms with van der Waals surface area (Å²) >= 11 is 0. The number of aromatic nitrogens is 1. The van der Waals surface area contributed by atoms with Crippen molar-refractivity contribution in [2.24, 2.45) is 5.92 Å².